The van der Waals surface area contributed by atoms with Crippen molar-refractivity contribution in [3.63, 3.8) is 0 Å². The molecule has 1 aromatic heterocycles. The van der Waals surface area contributed by atoms with Crippen molar-refractivity contribution in [3.8, 4) is 5.88 Å². The van der Waals surface area contributed by atoms with Gasteiger partial charge >= 0.3 is 15.3 Å². The van der Waals surface area contributed by atoms with Gasteiger partial charge in [-0.3, -0.25) is 4.55 Å². The van der Waals surface area contributed by atoms with E-state index in [1.54, 1.807) is 6.07 Å². The number of fused-ring (bicyclic) bond motifs is 1. The lowest BCUT2D eigenvalue weighted by atomic mass is 10.1. The first-order chi connectivity index (χ1) is 12.2. The van der Waals surface area contributed by atoms with Crippen molar-refractivity contribution in [3.05, 3.63) is 35.9 Å². The summed E-state index contributed by atoms with van der Waals surface area (Å²) < 4.78 is 74.4. The first-order valence-corrected chi connectivity index (χ1v) is 10.5. The number of pyridine rings is 1. The largest absolute Gasteiger partial charge is 0.478 e. The monoisotopic (exact) mass is 410 g/mol. The molecule has 2 rings (SSSR count). The van der Waals surface area contributed by atoms with Gasteiger partial charge in [0.05, 0.1) is 17.7 Å². The molecule has 0 fully saturated rings. The van der Waals surface area contributed by atoms with E-state index >= 15 is 0 Å². The van der Waals surface area contributed by atoms with Gasteiger partial charge in [0, 0.05) is 23.8 Å². The van der Waals surface area contributed by atoms with Gasteiger partial charge in [-0.25, -0.2) is 4.98 Å². The molecule has 0 bridgehead atoms. The number of hydrogen-bond acceptors (Lipinski definition) is 6. The lowest BCUT2D eigenvalue weighted by molar-refractivity contribution is -0.136. The zero-order valence-electron chi connectivity index (χ0n) is 13.5. The molecule has 0 aliphatic carbocycles. The summed E-state index contributed by atoms with van der Waals surface area (Å²) in [5, 5.41) is 2.95. The molecule has 0 saturated carbocycles. The summed E-state index contributed by atoms with van der Waals surface area (Å²) in [6.07, 6.45) is -4.01. The van der Waals surface area contributed by atoms with E-state index in [4.69, 9.17) is 9.29 Å². The third-order valence-electron chi connectivity index (χ3n) is 3.26. The van der Waals surface area contributed by atoms with Crippen LogP contribution in [0.25, 0.3) is 10.9 Å². The second kappa shape index (κ2) is 8.89. The maximum Gasteiger partial charge on any atom is 0.417 e. The first-order valence-electron chi connectivity index (χ1n) is 7.59. The Hall–Kier alpha value is -1.56. The van der Waals surface area contributed by atoms with E-state index in [9.17, 15) is 21.6 Å². The number of para-hydroxylation sites is 1. The first kappa shape index (κ1) is 20.7. The van der Waals surface area contributed by atoms with Gasteiger partial charge in [0.15, 0.2) is 0 Å². The number of nitrogens with zero attached hydrogens (tertiary/aromatic N) is 1. The fraction of sp³-hybridized carbons (Fsp3) is 0.400. The highest BCUT2D eigenvalue weighted by atomic mass is 33.1. The molecular formula is C15H17F3N2O4S2. The van der Waals surface area contributed by atoms with Crippen molar-refractivity contribution < 1.29 is 30.9 Å². The van der Waals surface area contributed by atoms with E-state index in [2.05, 4.69) is 10.3 Å². The van der Waals surface area contributed by atoms with Gasteiger partial charge in [-0.2, -0.15) is 21.6 Å². The summed E-state index contributed by atoms with van der Waals surface area (Å²) in [6.45, 7) is 0.990. The topological polar surface area (TPSA) is 88.5 Å². The SMILES string of the molecule is O=S(=O)(O)SCCNCCCOc1cc(C(F)(F)F)c2ccccc2n1. The summed E-state index contributed by atoms with van der Waals surface area (Å²) >= 11 is 0. The van der Waals surface area contributed by atoms with Crippen LogP contribution >= 0.6 is 10.8 Å². The second-order valence-electron chi connectivity index (χ2n) is 5.22. The number of hydrogen-bond donors (Lipinski definition) is 2. The average molecular weight is 410 g/mol. The molecule has 2 aromatic rings. The molecule has 1 aromatic carbocycles. The van der Waals surface area contributed by atoms with Crippen molar-refractivity contribution in [2.45, 2.75) is 12.6 Å². The predicted octanol–water partition coefficient (Wildman–Crippen LogP) is 3.15. The van der Waals surface area contributed by atoms with Gasteiger partial charge in [-0.15, -0.1) is 0 Å². The highest BCUT2D eigenvalue weighted by Gasteiger charge is 2.33. The maximum absolute atomic E-state index is 13.2. The highest BCUT2D eigenvalue weighted by molar-refractivity contribution is 8.69. The summed E-state index contributed by atoms with van der Waals surface area (Å²) in [5.74, 6) is 0.0823. The van der Waals surface area contributed by atoms with Gasteiger partial charge in [0.1, 0.15) is 0 Å². The number of nitrogens with one attached hydrogen (secondary N) is 1. The van der Waals surface area contributed by atoms with E-state index < -0.39 is 20.9 Å². The van der Waals surface area contributed by atoms with Gasteiger partial charge < -0.3 is 10.1 Å². The van der Waals surface area contributed by atoms with Crippen LogP contribution < -0.4 is 10.1 Å². The number of alkyl halides is 3. The van der Waals surface area contributed by atoms with Crippen LogP contribution in [-0.4, -0.2) is 43.4 Å². The highest BCUT2D eigenvalue weighted by Crippen LogP contribution is 2.36. The van der Waals surface area contributed by atoms with Crippen LogP contribution in [0.2, 0.25) is 0 Å². The zero-order valence-corrected chi connectivity index (χ0v) is 15.1. The number of halogens is 3. The van der Waals surface area contributed by atoms with Crippen molar-refractivity contribution in [1.82, 2.24) is 10.3 Å². The Morgan fingerprint density at radius 1 is 1.23 bits per heavy atom. The molecule has 11 heteroatoms. The number of aromatic nitrogens is 1. The van der Waals surface area contributed by atoms with Crippen LogP contribution in [-0.2, 0) is 15.3 Å². The summed E-state index contributed by atoms with van der Waals surface area (Å²) in [5.41, 5.74) is -0.587. The molecule has 0 radical (unpaired) electrons. The summed E-state index contributed by atoms with van der Waals surface area (Å²) in [6, 6.07) is 6.87. The molecule has 0 amide bonds. The fourth-order valence-corrected chi connectivity index (χ4v) is 3.50. The molecule has 144 valence electrons. The fourth-order valence-electron chi connectivity index (χ4n) is 2.18. The lowest BCUT2D eigenvalue weighted by Gasteiger charge is -2.13. The van der Waals surface area contributed by atoms with Gasteiger partial charge in [-0.1, -0.05) is 18.2 Å². The second-order valence-corrected chi connectivity index (χ2v) is 8.69. The smallest absolute Gasteiger partial charge is 0.417 e. The Kier molecular flexibility index (Phi) is 7.09. The Bertz CT molecular complexity index is 844. The van der Waals surface area contributed by atoms with E-state index in [1.807, 2.05) is 0 Å². The van der Waals surface area contributed by atoms with Crippen LogP contribution in [0.5, 0.6) is 5.88 Å². The molecule has 0 unspecified atom stereocenters. The summed E-state index contributed by atoms with van der Waals surface area (Å²) in [7, 11) is -3.62. The van der Waals surface area contributed by atoms with Crippen LogP contribution in [0.4, 0.5) is 13.2 Å². The van der Waals surface area contributed by atoms with E-state index in [0.717, 1.165) is 6.07 Å². The lowest BCUT2D eigenvalue weighted by Crippen LogP contribution is -2.20. The average Bonchev–Trinajstić information content (AvgIpc) is 2.54. The van der Waals surface area contributed by atoms with Crippen LogP contribution in [0.15, 0.2) is 30.3 Å². The molecule has 2 N–H and O–H groups in total. The van der Waals surface area contributed by atoms with Crippen LogP contribution in [0, 0.1) is 0 Å². The van der Waals surface area contributed by atoms with E-state index in [1.165, 1.54) is 18.2 Å². The number of ether oxygens (including phenoxy) is 1. The Labute approximate surface area is 152 Å². The standard InChI is InChI=1S/C15H17F3N2O4S2/c16-15(17,18)12-10-14(20-13-5-2-1-4-11(12)13)24-8-3-6-19-7-9-25-26(21,22)23/h1-2,4-5,10,19H,3,6-9H2,(H,21,22,23). The van der Waals surface area contributed by atoms with Crippen molar-refractivity contribution in [2.24, 2.45) is 0 Å². The normalized spacial score (nSPS) is 12.5. The Morgan fingerprint density at radius 2 is 1.96 bits per heavy atom. The minimum atomic E-state index is -4.51. The molecular weight excluding hydrogens is 393 g/mol. The van der Waals surface area contributed by atoms with Gasteiger partial charge in [-0.05, 0) is 29.8 Å². The van der Waals surface area contributed by atoms with Crippen molar-refractivity contribution >= 4 is 30.8 Å². The third kappa shape index (κ3) is 6.63. The number of rotatable bonds is 9. The maximum atomic E-state index is 13.2. The summed E-state index contributed by atoms with van der Waals surface area (Å²) in [4.78, 5) is 4.08. The molecule has 6 nitrogen and oxygen atoms in total. The van der Waals surface area contributed by atoms with Crippen LogP contribution in [0.3, 0.4) is 0 Å². The predicted molar refractivity (Wildman–Crippen MR) is 93.7 cm³/mol. The molecule has 0 spiro atoms. The molecule has 0 atom stereocenters. The quantitative estimate of drug-likeness (QED) is 0.373. The molecule has 0 saturated heterocycles. The minimum Gasteiger partial charge on any atom is -0.478 e. The molecule has 1 heterocycles. The van der Waals surface area contributed by atoms with E-state index in [0.29, 0.717) is 30.3 Å². The van der Waals surface area contributed by atoms with Gasteiger partial charge in [0.2, 0.25) is 5.88 Å². The van der Waals surface area contributed by atoms with E-state index in [-0.39, 0.29) is 29.1 Å². The molecule has 0 aliphatic heterocycles. The van der Waals surface area contributed by atoms with Crippen molar-refractivity contribution in [1.29, 1.82) is 0 Å². The number of benzene rings is 1. The molecule has 0 aliphatic rings. The minimum absolute atomic E-state index is 0.0188. The van der Waals surface area contributed by atoms with Crippen molar-refractivity contribution in [2.75, 3.05) is 25.4 Å². The zero-order chi connectivity index (χ0) is 19.2. The molecule has 26 heavy (non-hydrogen) atoms. The van der Waals surface area contributed by atoms with Crippen LogP contribution in [0.1, 0.15) is 12.0 Å². The Balaban J connectivity index is 1.86. The third-order valence-corrected chi connectivity index (χ3v) is 5.32. The van der Waals surface area contributed by atoms with Gasteiger partial charge in [0.25, 0.3) is 0 Å². The Morgan fingerprint density at radius 3 is 2.65 bits per heavy atom.